The van der Waals surface area contributed by atoms with Crippen LogP contribution in [0.1, 0.15) is 16.7 Å². The highest BCUT2D eigenvalue weighted by molar-refractivity contribution is 5.92. The lowest BCUT2D eigenvalue weighted by Gasteiger charge is -2.33. The Labute approximate surface area is 157 Å². The zero-order valence-corrected chi connectivity index (χ0v) is 14.7. The molecule has 3 rings (SSSR count). The van der Waals surface area contributed by atoms with E-state index in [0.29, 0.717) is 11.1 Å². The highest BCUT2D eigenvalue weighted by atomic mass is 16.5. The predicted octanol–water partition coefficient (Wildman–Crippen LogP) is 3.34. The van der Waals surface area contributed by atoms with Gasteiger partial charge in [0.1, 0.15) is 6.61 Å². The van der Waals surface area contributed by atoms with Crippen molar-refractivity contribution < 1.29 is 14.3 Å². The van der Waals surface area contributed by atoms with Crippen molar-refractivity contribution in [1.29, 1.82) is 0 Å². The number of nitrogens with two attached hydrogens (primary N) is 1. The number of rotatable bonds is 6. The Balaban J connectivity index is 2.05. The smallest absolute Gasteiger partial charge is 0.341 e. The monoisotopic (exact) mass is 360 g/mol. The molecule has 3 aromatic rings. The van der Waals surface area contributed by atoms with Gasteiger partial charge in [0.25, 0.3) is 0 Å². The third kappa shape index (κ3) is 3.98. The first-order valence-electron chi connectivity index (χ1n) is 8.53. The highest BCUT2D eigenvalue weighted by Gasteiger charge is 2.45. The van der Waals surface area contributed by atoms with Crippen molar-refractivity contribution in [3.8, 4) is 0 Å². The van der Waals surface area contributed by atoms with Crippen LogP contribution in [0.5, 0.6) is 0 Å². The number of hydrogen-bond donors (Lipinski definition) is 2. The van der Waals surface area contributed by atoms with Crippen LogP contribution in [-0.4, -0.2) is 12.0 Å². The first kappa shape index (κ1) is 18.2. The van der Waals surface area contributed by atoms with E-state index in [1.54, 1.807) is 48.5 Å². The zero-order valence-electron chi connectivity index (χ0n) is 14.7. The molecule has 0 radical (unpaired) electrons. The molecule has 0 atom stereocenters. The lowest BCUT2D eigenvalue weighted by Crippen LogP contribution is -2.55. The summed E-state index contributed by atoms with van der Waals surface area (Å²) in [5.74, 6) is -0.609. The summed E-state index contributed by atoms with van der Waals surface area (Å²) in [6, 6.07) is 26.4. The molecule has 0 aliphatic carbocycles. The van der Waals surface area contributed by atoms with Crippen molar-refractivity contribution >= 4 is 12.0 Å². The normalized spacial score (nSPS) is 10.8. The Hall–Kier alpha value is -3.60. The van der Waals surface area contributed by atoms with Gasteiger partial charge in [0, 0.05) is 0 Å². The molecule has 2 amide bonds. The van der Waals surface area contributed by atoms with Gasteiger partial charge in [-0.05, 0) is 16.7 Å². The summed E-state index contributed by atoms with van der Waals surface area (Å²) >= 11 is 0. The Morgan fingerprint density at radius 3 is 1.67 bits per heavy atom. The molecule has 0 aliphatic heterocycles. The maximum atomic E-state index is 13.3. The molecule has 3 N–H and O–H groups in total. The lowest BCUT2D eigenvalue weighted by atomic mass is 9.82. The lowest BCUT2D eigenvalue weighted by molar-refractivity contribution is -0.151. The summed E-state index contributed by atoms with van der Waals surface area (Å²) in [6.45, 7) is 0.0849. The van der Waals surface area contributed by atoms with Crippen LogP contribution in [-0.2, 0) is 21.7 Å². The average molecular weight is 360 g/mol. The van der Waals surface area contributed by atoms with Gasteiger partial charge in [0.15, 0.2) is 5.54 Å². The average Bonchev–Trinajstić information content (AvgIpc) is 2.72. The fourth-order valence-corrected chi connectivity index (χ4v) is 2.99. The first-order valence-corrected chi connectivity index (χ1v) is 8.53. The van der Waals surface area contributed by atoms with Crippen LogP contribution < -0.4 is 11.1 Å². The minimum Gasteiger partial charge on any atom is -0.459 e. The van der Waals surface area contributed by atoms with E-state index in [-0.39, 0.29) is 6.61 Å². The maximum Gasteiger partial charge on any atom is 0.341 e. The molecule has 0 aliphatic rings. The quantitative estimate of drug-likeness (QED) is 0.662. The molecular weight excluding hydrogens is 340 g/mol. The number of amides is 2. The second-order valence-corrected chi connectivity index (χ2v) is 6.03. The summed E-state index contributed by atoms with van der Waals surface area (Å²) in [5.41, 5.74) is 5.88. The molecule has 0 heterocycles. The number of primary amides is 1. The number of benzene rings is 3. The molecule has 3 aromatic carbocycles. The van der Waals surface area contributed by atoms with Crippen LogP contribution in [0.25, 0.3) is 0 Å². The summed E-state index contributed by atoms with van der Waals surface area (Å²) in [5, 5.41) is 2.63. The predicted molar refractivity (Wildman–Crippen MR) is 103 cm³/mol. The molecule has 0 aromatic heterocycles. The Morgan fingerprint density at radius 2 is 1.22 bits per heavy atom. The van der Waals surface area contributed by atoms with Crippen molar-refractivity contribution in [3.63, 3.8) is 0 Å². The van der Waals surface area contributed by atoms with E-state index >= 15 is 0 Å². The maximum absolute atomic E-state index is 13.3. The van der Waals surface area contributed by atoms with Gasteiger partial charge in [-0.2, -0.15) is 0 Å². The number of hydrogen-bond acceptors (Lipinski definition) is 3. The fourth-order valence-electron chi connectivity index (χ4n) is 2.99. The summed E-state index contributed by atoms with van der Waals surface area (Å²) in [7, 11) is 0. The van der Waals surface area contributed by atoms with Crippen molar-refractivity contribution in [2.24, 2.45) is 5.73 Å². The molecule has 0 bridgehead atoms. The zero-order chi connectivity index (χ0) is 19.1. The molecule has 136 valence electrons. The van der Waals surface area contributed by atoms with E-state index in [2.05, 4.69) is 5.32 Å². The fraction of sp³-hybridized carbons (Fsp3) is 0.0909. The van der Waals surface area contributed by atoms with Crippen molar-refractivity contribution in [3.05, 3.63) is 108 Å². The van der Waals surface area contributed by atoms with E-state index < -0.39 is 17.5 Å². The molecule has 0 fully saturated rings. The topological polar surface area (TPSA) is 81.4 Å². The number of carbonyl (C=O) groups is 2. The van der Waals surface area contributed by atoms with Crippen LogP contribution in [0.3, 0.4) is 0 Å². The third-order valence-corrected chi connectivity index (χ3v) is 4.24. The van der Waals surface area contributed by atoms with Gasteiger partial charge < -0.3 is 15.8 Å². The highest BCUT2D eigenvalue weighted by Crippen LogP contribution is 2.31. The van der Waals surface area contributed by atoms with Gasteiger partial charge in [0.05, 0.1) is 0 Å². The number of ether oxygens (including phenoxy) is 1. The summed E-state index contributed by atoms with van der Waals surface area (Å²) in [6.07, 6.45) is 0. The van der Waals surface area contributed by atoms with Crippen molar-refractivity contribution in [2.75, 3.05) is 0 Å². The molecule has 5 nitrogen and oxygen atoms in total. The second kappa shape index (κ2) is 8.19. The molecule has 27 heavy (non-hydrogen) atoms. The SMILES string of the molecule is NC(=O)NC(C(=O)OCc1ccccc1)(c1ccccc1)c1ccccc1. The van der Waals surface area contributed by atoms with Crippen molar-refractivity contribution in [2.45, 2.75) is 12.1 Å². The van der Waals surface area contributed by atoms with Gasteiger partial charge in [-0.3, -0.25) is 0 Å². The Kier molecular flexibility index (Phi) is 5.52. The van der Waals surface area contributed by atoms with Crippen LogP contribution in [0.15, 0.2) is 91.0 Å². The minimum absolute atomic E-state index is 0.0849. The van der Waals surface area contributed by atoms with E-state index in [1.807, 2.05) is 42.5 Å². The number of nitrogens with one attached hydrogen (secondary N) is 1. The first-order chi connectivity index (χ1) is 13.1. The molecule has 0 saturated heterocycles. The Bertz CT molecular complexity index is 857. The number of urea groups is 1. The molecular formula is C22H20N2O3. The van der Waals surface area contributed by atoms with Crippen LogP contribution in [0.2, 0.25) is 0 Å². The molecule has 0 spiro atoms. The van der Waals surface area contributed by atoms with Gasteiger partial charge in [-0.25, -0.2) is 9.59 Å². The van der Waals surface area contributed by atoms with E-state index in [9.17, 15) is 9.59 Å². The van der Waals surface area contributed by atoms with E-state index in [1.165, 1.54) is 0 Å². The van der Waals surface area contributed by atoms with Gasteiger partial charge in [-0.1, -0.05) is 91.0 Å². The summed E-state index contributed by atoms with van der Waals surface area (Å²) in [4.78, 5) is 25.1. The standard InChI is InChI=1S/C22H20N2O3/c23-21(26)24-22(18-12-6-2-7-13-18,19-14-8-3-9-15-19)20(25)27-16-17-10-4-1-5-11-17/h1-15H,16H2,(H3,23,24,26). The third-order valence-electron chi connectivity index (χ3n) is 4.24. The van der Waals surface area contributed by atoms with Gasteiger partial charge in [0.2, 0.25) is 0 Å². The van der Waals surface area contributed by atoms with Crippen molar-refractivity contribution in [1.82, 2.24) is 5.32 Å². The largest absolute Gasteiger partial charge is 0.459 e. The van der Waals surface area contributed by atoms with Gasteiger partial charge >= 0.3 is 12.0 Å². The minimum atomic E-state index is -1.54. The van der Waals surface area contributed by atoms with Crippen LogP contribution >= 0.6 is 0 Å². The molecule has 0 saturated carbocycles. The number of esters is 1. The van der Waals surface area contributed by atoms with Gasteiger partial charge in [-0.15, -0.1) is 0 Å². The van der Waals surface area contributed by atoms with Crippen LogP contribution in [0.4, 0.5) is 4.79 Å². The second-order valence-electron chi connectivity index (χ2n) is 6.03. The Morgan fingerprint density at radius 1 is 0.778 bits per heavy atom. The van der Waals surface area contributed by atoms with E-state index in [0.717, 1.165) is 5.56 Å². The van der Waals surface area contributed by atoms with E-state index in [4.69, 9.17) is 10.5 Å². The molecule has 5 heteroatoms. The van der Waals surface area contributed by atoms with Crippen LogP contribution in [0, 0.1) is 0 Å². The summed E-state index contributed by atoms with van der Waals surface area (Å²) < 4.78 is 5.59. The molecule has 0 unspecified atom stereocenters. The number of carbonyl (C=O) groups excluding carboxylic acids is 2.